The number of hydrogen-bond donors (Lipinski definition) is 1. The first-order valence-corrected chi connectivity index (χ1v) is 6.41. The van der Waals surface area contributed by atoms with Gasteiger partial charge in [0.2, 0.25) is 0 Å². The van der Waals surface area contributed by atoms with Gasteiger partial charge in [-0.05, 0) is 31.7 Å². The van der Waals surface area contributed by atoms with E-state index in [2.05, 4.69) is 5.32 Å². The van der Waals surface area contributed by atoms with E-state index >= 15 is 0 Å². The molecule has 1 saturated carbocycles. The maximum atomic E-state index is 11.8. The molecule has 0 aromatic carbocycles. The average Bonchev–Trinajstić information content (AvgIpc) is 2.92. The third-order valence-electron chi connectivity index (χ3n) is 2.59. The van der Waals surface area contributed by atoms with Gasteiger partial charge in [0.15, 0.2) is 0 Å². The topological polar surface area (TPSA) is 29.1 Å². The molecule has 1 aliphatic carbocycles. The monoisotopic (exact) mass is 263 g/mol. The van der Waals surface area contributed by atoms with E-state index < -0.39 is 0 Å². The molecule has 2 nitrogen and oxygen atoms in total. The predicted octanol–water partition coefficient (Wildman–Crippen LogP) is 3.58. The number of hydrogen-bond acceptors (Lipinski definition) is 2. The zero-order valence-corrected chi connectivity index (χ0v) is 10.5. The van der Waals surface area contributed by atoms with Crippen molar-refractivity contribution in [1.82, 2.24) is 5.32 Å². The Morgan fingerprint density at radius 2 is 2.27 bits per heavy atom. The highest BCUT2D eigenvalue weighted by Gasteiger charge is 2.29. The summed E-state index contributed by atoms with van der Waals surface area (Å²) in [6.07, 6.45) is 2.42. The van der Waals surface area contributed by atoms with Gasteiger partial charge in [-0.2, -0.15) is 0 Å². The fourth-order valence-corrected chi connectivity index (χ4v) is 2.95. The second-order valence-corrected chi connectivity index (χ2v) is 6.12. The van der Waals surface area contributed by atoms with Crippen LogP contribution in [0.4, 0.5) is 0 Å². The Kier molecular flexibility index (Phi) is 3.24. The number of carbonyl (C=O) groups is 1. The van der Waals surface area contributed by atoms with Crippen molar-refractivity contribution in [3.05, 3.63) is 20.3 Å². The van der Waals surface area contributed by atoms with Crippen molar-refractivity contribution in [3.8, 4) is 0 Å². The van der Waals surface area contributed by atoms with E-state index in [1.54, 1.807) is 6.07 Å². The van der Waals surface area contributed by atoms with Gasteiger partial charge in [0, 0.05) is 6.04 Å². The molecule has 15 heavy (non-hydrogen) atoms. The number of rotatable bonds is 3. The molecule has 5 heteroatoms. The Morgan fingerprint density at radius 3 is 2.73 bits per heavy atom. The van der Waals surface area contributed by atoms with Crippen LogP contribution in [-0.4, -0.2) is 11.9 Å². The SMILES string of the molecule is C[C@@H](NC(=O)c1cc(Cl)sc1Cl)C1CC1. The molecule has 0 radical (unpaired) electrons. The van der Waals surface area contributed by atoms with Gasteiger partial charge in [-0.1, -0.05) is 23.2 Å². The van der Waals surface area contributed by atoms with Gasteiger partial charge in [-0.25, -0.2) is 0 Å². The second kappa shape index (κ2) is 4.32. The summed E-state index contributed by atoms with van der Waals surface area (Å²) in [7, 11) is 0. The molecule has 0 aliphatic heterocycles. The van der Waals surface area contributed by atoms with Crippen molar-refractivity contribution in [3.63, 3.8) is 0 Å². The van der Waals surface area contributed by atoms with Crippen molar-refractivity contribution < 1.29 is 4.79 Å². The molecule has 1 N–H and O–H groups in total. The van der Waals surface area contributed by atoms with Crippen LogP contribution < -0.4 is 5.32 Å². The summed E-state index contributed by atoms with van der Waals surface area (Å²) >= 11 is 12.9. The smallest absolute Gasteiger partial charge is 0.253 e. The van der Waals surface area contributed by atoms with Crippen LogP contribution in [0.3, 0.4) is 0 Å². The van der Waals surface area contributed by atoms with Gasteiger partial charge in [0.05, 0.1) is 9.90 Å². The lowest BCUT2D eigenvalue weighted by atomic mass is 10.2. The van der Waals surface area contributed by atoms with Gasteiger partial charge in [-0.3, -0.25) is 4.79 Å². The van der Waals surface area contributed by atoms with Crippen molar-refractivity contribution >= 4 is 40.4 Å². The third kappa shape index (κ3) is 2.65. The molecule has 1 aromatic rings. The molecule has 0 unspecified atom stereocenters. The Bertz CT molecular complexity index is 387. The minimum Gasteiger partial charge on any atom is -0.349 e. The van der Waals surface area contributed by atoms with Gasteiger partial charge in [0.25, 0.3) is 5.91 Å². The van der Waals surface area contributed by atoms with Crippen LogP contribution in [0, 0.1) is 5.92 Å². The Balaban J connectivity index is 2.03. The summed E-state index contributed by atoms with van der Waals surface area (Å²) in [4.78, 5) is 11.8. The molecule has 0 bridgehead atoms. The number of carbonyl (C=O) groups excluding carboxylic acids is 1. The van der Waals surface area contributed by atoms with E-state index in [0.717, 1.165) is 0 Å². The van der Waals surface area contributed by atoms with Crippen LogP contribution in [0.2, 0.25) is 8.67 Å². The molecule has 2 rings (SSSR count). The summed E-state index contributed by atoms with van der Waals surface area (Å²) in [5.74, 6) is 0.518. The average molecular weight is 264 g/mol. The lowest BCUT2D eigenvalue weighted by Gasteiger charge is -2.11. The molecule has 1 aliphatic rings. The highest BCUT2D eigenvalue weighted by atomic mass is 35.5. The number of thiophene rings is 1. The van der Waals surface area contributed by atoms with Gasteiger partial charge in [0.1, 0.15) is 4.34 Å². The summed E-state index contributed by atoms with van der Waals surface area (Å²) in [5.41, 5.74) is 0.485. The Morgan fingerprint density at radius 1 is 1.60 bits per heavy atom. The fraction of sp³-hybridized carbons (Fsp3) is 0.500. The third-order valence-corrected chi connectivity index (χ3v) is 4.08. The van der Waals surface area contributed by atoms with Gasteiger partial charge < -0.3 is 5.32 Å². The number of amides is 1. The van der Waals surface area contributed by atoms with Crippen molar-refractivity contribution in [2.24, 2.45) is 5.92 Å². The quantitative estimate of drug-likeness (QED) is 0.888. The molecule has 1 amide bonds. The zero-order valence-electron chi connectivity index (χ0n) is 8.22. The molecule has 1 atom stereocenters. The fourth-order valence-electron chi connectivity index (χ4n) is 1.49. The van der Waals surface area contributed by atoms with E-state index in [0.29, 0.717) is 20.2 Å². The van der Waals surface area contributed by atoms with Crippen LogP contribution in [0.5, 0.6) is 0 Å². The first kappa shape index (κ1) is 11.2. The molecule has 82 valence electrons. The summed E-state index contributed by atoms with van der Waals surface area (Å²) < 4.78 is 1.00. The maximum Gasteiger partial charge on any atom is 0.253 e. The second-order valence-electron chi connectivity index (χ2n) is 3.84. The van der Waals surface area contributed by atoms with E-state index in [1.165, 1.54) is 24.2 Å². The predicted molar refractivity (Wildman–Crippen MR) is 64.0 cm³/mol. The lowest BCUT2D eigenvalue weighted by Crippen LogP contribution is -2.33. The van der Waals surface area contributed by atoms with E-state index in [9.17, 15) is 4.79 Å². The first-order chi connectivity index (χ1) is 7.08. The van der Waals surface area contributed by atoms with Gasteiger partial charge >= 0.3 is 0 Å². The van der Waals surface area contributed by atoms with Crippen LogP contribution in [-0.2, 0) is 0 Å². The first-order valence-electron chi connectivity index (χ1n) is 4.83. The highest BCUT2D eigenvalue weighted by molar-refractivity contribution is 7.20. The zero-order chi connectivity index (χ0) is 11.0. The minimum atomic E-state index is -0.123. The van der Waals surface area contributed by atoms with Crippen LogP contribution in [0.1, 0.15) is 30.1 Å². The van der Waals surface area contributed by atoms with Crippen LogP contribution >= 0.6 is 34.5 Å². The molecular formula is C10H11Cl2NOS. The summed E-state index contributed by atoms with van der Waals surface area (Å²) in [6.45, 7) is 2.03. The Labute approximate surface area is 103 Å². The highest BCUT2D eigenvalue weighted by Crippen LogP contribution is 2.34. The summed E-state index contributed by atoms with van der Waals surface area (Å²) in [6, 6.07) is 1.84. The molecule has 1 heterocycles. The van der Waals surface area contributed by atoms with Crippen LogP contribution in [0.15, 0.2) is 6.07 Å². The normalized spacial score (nSPS) is 17.5. The number of halogens is 2. The lowest BCUT2D eigenvalue weighted by molar-refractivity contribution is 0.0936. The Hall–Kier alpha value is -0.250. The standard InChI is InChI=1S/C10H11Cl2NOS/c1-5(6-2-3-6)13-10(14)7-4-8(11)15-9(7)12/h4-6H,2-3H2,1H3,(H,13,14)/t5-/m1/s1. The molecule has 0 saturated heterocycles. The van der Waals surface area contributed by atoms with E-state index in [4.69, 9.17) is 23.2 Å². The van der Waals surface area contributed by atoms with Gasteiger partial charge in [-0.15, -0.1) is 11.3 Å². The van der Waals surface area contributed by atoms with Crippen molar-refractivity contribution in [2.75, 3.05) is 0 Å². The van der Waals surface area contributed by atoms with E-state index in [-0.39, 0.29) is 11.9 Å². The molecule has 1 aromatic heterocycles. The largest absolute Gasteiger partial charge is 0.349 e. The molecular weight excluding hydrogens is 253 g/mol. The maximum absolute atomic E-state index is 11.8. The van der Waals surface area contributed by atoms with Crippen molar-refractivity contribution in [1.29, 1.82) is 0 Å². The van der Waals surface area contributed by atoms with E-state index in [1.807, 2.05) is 6.92 Å². The molecule has 1 fully saturated rings. The van der Waals surface area contributed by atoms with Crippen LogP contribution in [0.25, 0.3) is 0 Å². The number of nitrogens with one attached hydrogen (secondary N) is 1. The minimum absolute atomic E-state index is 0.123. The molecule has 0 spiro atoms. The van der Waals surface area contributed by atoms with Crippen molar-refractivity contribution in [2.45, 2.75) is 25.8 Å². The summed E-state index contributed by atoms with van der Waals surface area (Å²) in [5, 5.41) is 2.94.